The van der Waals surface area contributed by atoms with Crippen LogP contribution in [0.4, 0.5) is 0 Å². The number of hydrogen-bond acceptors (Lipinski definition) is 2. The quantitative estimate of drug-likeness (QED) is 0.796. The van der Waals surface area contributed by atoms with Crippen molar-refractivity contribution in [2.45, 2.75) is 13.5 Å². The van der Waals surface area contributed by atoms with Crippen LogP contribution in [0, 0.1) is 6.92 Å². The Morgan fingerprint density at radius 2 is 2.19 bits per heavy atom. The zero-order valence-electron chi connectivity index (χ0n) is 9.14. The van der Waals surface area contributed by atoms with Crippen molar-refractivity contribution < 1.29 is 0 Å². The second-order valence-corrected chi connectivity index (χ2v) is 4.17. The molecule has 1 aromatic heterocycles. The maximum atomic E-state index is 11.4. The minimum Gasteiger partial charge on any atom is -0.273 e. The van der Waals surface area contributed by atoms with Gasteiger partial charge in [-0.1, -0.05) is 17.7 Å². The summed E-state index contributed by atoms with van der Waals surface area (Å²) in [6.45, 7) is 2.49. The molecule has 0 radical (unpaired) electrons. The molecular weight excluding hydrogens is 226 g/mol. The van der Waals surface area contributed by atoms with E-state index >= 15 is 0 Å². The standard InChI is InChI=1S/C11H12ClN3O/c1-8-5-10(12)4-3-9(8)6-15-11(16)13-7-14(15)2/h3-5,7H,6H2,1-2H3. The minimum absolute atomic E-state index is 0.239. The van der Waals surface area contributed by atoms with Crippen LogP contribution in [0.15, 0.2) is 29.3 Å². The van der Waals surface area contributed by atoms with Crippen molar-refractivity contribution in [2.24, 2.45) is 7.05 Å². The van der Waals surface area contributed by atoms with E-state index in [1.165, 1.54) is 6.33 Å². The molecular formula is C11H12ClN3O. The van der Waals surface area contributed by atoms with Crippen molar-refractivity contribution in [2.75, 3.05) is 0 Å². The third-order valence-electron chi connectivity index (χ3n) is 2.56. The van der Waals surface area contributed by atoms with Crippen LogP contribution in [-0.4, -0.2) is 14.3 Å². The molecule has 0 amide bonds. The Hall–Kier alpha value is -1.55. The number of halogens is 1. The fourth-order valence-electron chi connectivity index (χ4n) is 1.57. The summed E-state index contributed by atoms with van der Waals surface area (Å²) in [4.78, 5) is 15.1. The number of rotatable bonds is 2. The van der Waals surface area contributed by atoms with Crippen LogP contribution in [-0.2, 0) is 13.6 Å². The second-order valence-electron chi connectivity index (χ2n) is 3.73. The van der Waals surface area contributed by atoms with Crippen LogP contribution in [0.1, 0.15) is 11.1 Å². The first kappa shape index (κ1) is 11.0. The summed E-state index contributed by atoms with van der Waals surface area (Å²) in [7, 11) is 1.79. The molecule has 2 aromatic rings. The Morgan fingerprint density at radius 3 is 2.75 bits per heavy atom. The smallest absolute Gasteiger partial charge is 0.273 e. The Kier molecular flexibility index (Phi) is 2.83. The normalized spacial score (nSPS) is 10.7. The molecule has 0 atom stereocenters. The molecule has 0 aliphatic carbocycles. The summed E-state index contributed by atoms with van der Waals surface area (Å²) in [5, 5.41) is 0.707. The molecule has 0 aliphatic heterocycles. The number of hydrogen-bond donors (Lipinski definition) is 0. The second kappa shape index (κ2) is 4.14. The highest BCUT2D eigenvalue weighted by molar-refractivity contribution is 6.30. The largest absolute Gasteiger partial charge is 0.364 e. The highest BCUT2D eigenvalue weighted by atomic mass is 35.5. The van der Waals surface area contributed by atoms with E-state index in [-0.39, 0.29) is 5.69 Å². The van der Waals surface area contributed by atoms with Gasteiger partial charge in [0.25, 0.3) is 0 Å². The topological polar surface area (TPSA) is 39.8 Å². The van der Waals surface area contributed by atoms with Gasteiger partial charge in [0.05, 0.1) is 6.54 Å². The lowest BCUT2D eigenvalue weighted by Crippen LogP contribution is -2.23. The first-order chi connectivity index (χ1) is 7.58. The highest BCUT2D eigenvalue weighted by Crippen LogP contribution is 2.15. The van der Waals surface area contributed by atoms with Gasteiger partial charge in [-0.2, -0.15) is 4.98 Å². The van der Waals surface area contributed by atoms with E-state index in [1.807, 2.05) is 25.1 Å². The summed E-state index contributed by atoms with van der Waals surface area (Å²) >= 11 is 5.88. The lowest BCUT2D eigenvalue weighted by Gasteiger charge is -2.08. The van der Waals surface area contributed by atoms with Gasteiger partial charge in [-0.15, -0.1) is 0 Å². The number of aromatic nitrogens is 3. The molecule has 2 rings (SSSR count). The zero-order valence-corrected chi connectivity index (χ0v) is 9.90. The lowest BCUT2D eigenvalue weighted by molar-refractivity contribution is 0.534. The SMILES string of the molecule is Cc1cc(Cl)ccc1Cn1c(=O)ncn1C. The fraction of sp³-hybridized carbons (Fsp3) is 0.273. The van der Waals surface area contributed by atoms with Gasteiger partial charge in [-0.3, -0.25) is 4.68 Å². The summed E-state index contributed by atoms with van der Waals surface area (Å²) in [5.41, 5.74) is 1.90. The van der Waals surface area contributed by atoms with E-state index in [9.17, 15) is 4.79 Å². The van der Waals surface area contributed by atoms with Crippen molar-refractivity contribution in [3.05, 3.63) is 51.2 Å². The number of aryl methyl sites for hydroxylation is 2. The predicted molar refractivity (Wildman–Crippen MR) is 62.8 cm³/mol. The van der Waals surface area contributed by atoms with Crippen molar-refractivity contribution in [1.29, 1.82) is 0 Å². The van der Waals surface area contributed by atoms with Crippen LogP contribution < -0.4 is 5.69 Å². The number of benzene rings is 1. The Balaban J connectivity index is 2.38. The van der Waals surface area contributed by atoms with Gasteiger partial charge in [0.2, 0.25) is 0 Å². The summed E-state index contributed by atoms with van der Waals surface area (Å²) in [5.74, 6) is 0. The average Bonchev–Trinajstić information content (AvgIpc) is 2.53. The van der Waals surface area contributed by atoms with E-state index < -0.39 is 0 Å². The average molecular weight is 238 g/mol. The van der Waals surface area contributed by atoms with Crippen LogP contribution >= 0.6 is 11.6 Å². The van der Waals surface area contributed by atoms with E-state index in [4.69, 9.17) is 11.6 Å². The monoisotopic (exact) mass is 237 g/mol. The van der Waals surface area contributed by atoms with Crippen molar-refractivity contribution in [3.63, 3.8) is 0 Å². The van der Waals surface area contributed by atoms with Gasteiger partial charge >= 0.3 is 5.69 Å². The Labute approximate surface area is 98.1 Å². The van der Waals surface area contributed by atoms with E-state index in [0.717, 1.165) is 11.1 Å². The summed E-state index contributed by atoms with van der Waals surface area (Å²) in [6, 6.07) is 5.64. The van der Waals surface area contributed by atoms with Crippen LogP contribution in [0.5, 0.6) is 0 Å². The third kappa shape index (κ3) is 2.02. The van der Waals surface area contributed by atoms with E-state index in [1.54, 1.807) is 16.4 Å². The van der Waals surface area contributed by atoms with Gasteiger partial charge in [-0.25, -0.2) is 9.48 Å². The molecule has 84 valence electrons. The van der Waals surface area contributed by atoms with Crippen LogP contribution in [0.25, 0.3) is 0 Å². The van der Waals surface area contributed by atoms with Gasteiger partial charge in [0.15, 0.2) is 0 Å². The molecule has 0 fully saturated rings. The Morgan fingerprint density at radius 1 is 1.44 bits per heavy atom. The predicted octanol–water partition coefficient (Wildman–Crippen LogP) is 1.59. The fourth-order valence-corrected chi connectivity index (χ4v) is 1.80. The van der Waals surface area contributed by atoms with Crippen molar-refractivity contribution in [3.8, 4) is 0 Å². The molecule has 1 aromatic carbocycles. The molecule has 0 unspecified atom stereocenters. The van der Waals surface area contributed by atoms with Crippen molar-refractivity contribution in [1.82, 2.24) is 14.3 Å². The Bertz CT molecular complexity index is 571. The highest BCUT2D eigenvalue weighted by Gasteiger charge is 2.05. The van der Waals surface area contributed by atoms with Crippen LogP contribution in [0.2, 0.25) is 5.02 Å². The summed E-state index contributed by atoms with van der Waals surface area (Å²) < 4.78 is 3.24. The summed E-state index contributed by atoms with van der Waals surface area (Å²) in [6.07, 6.45) is 1.51. The first-order valence-electron chi connectivity index (χ1n) is 4.91. The maximum Gasteiger partial charge on any atom is 0.364 e. The van der Waals surface area contributed by atoms with Crippen LogP contribution in [0.3, 0.4) is 0 Å². The van der Waals surface area contributed by atoms with Gasteiger partial charge in [-0.05, 0) is 30.2 Å². The first-order valence-corrected chi connectivity index (χ1v) is 5.29. The van der Waals surface area contributed by atoms with Gasteiger partial charge < -0.3 is 0 Å². The number of nitrogens with zero attached hydrogens (tertiary/aromatic N) is 3. The minimum atomic E-state index is -0.239. The molecule has 0 aliphatic rings. The van der Waals surface area contributed by atoms with Gasteiger partial charge in [0, 0.05) is 12.1 Å². The third-order valence-corrected chi connectivity index (χ3v) is 2.80. The zero-order chi connectivity index (χ0) is 11.7. The van der Waals surface area contributed by atoms with E-state index in [2.05, 4.69) is 4.98 Å². The molecule has 0 bridgehead atoms. The van der Waals surface area contributed by atoms with Crippen molar-refractivity contribution >= 4 is 11.6 Å². The molecule has 0 N–H and O–H groups in total. The molecule has 0 spiro atoms. The molecule has 0 saturated heterocycles. The molecule has 4 nitrogen and oxygen atoms in total. The van der Waals surface area contributed by atoms with Gasteiger partial charge in [0.1, 0.15) is 6.33 Å². The molecule has 1 heterocycles. The lowest BCUT2D eigenvalue weighted by atomic mass is 10.1. The maximum absolute atomic E-state index is 11.4. The van der Waals surface area contributed by atoms with E-state index in [0.29, 0.717) is 11.6 Å². The molecule has 16 heavy (non-hydrogen) atoms. The molecule has 5 heteroatoms. The molecule has 0 saturated carbocycles.